The zero-order valence-corrected chi connectivity index (χ0v) is 16.3. The summed E-state index contributed by atoms with van der Waals surface area (Å²) in [7, 11) is 0. The number of hydrogen-bond acceptors (Lipinski definition) is 5. The average Bonchev–Trinajstić information content (AvgIpc) is 3.10. The Balaban J connectivity index is 1.80. The first-order valence-corrected chi connectivity index (χ1v) is 9.69. The topological polar surface area (TPSA) is 111 Å². The lowest BCUT2D eigenvalue weighted by Crippen LogP contribution is -2.36. The van der Waals surface area contributed by atoms with Gasteiger partial charge in [0.25, 0.3) is 5.91 Å². The molecule has 2 amide bonds. The Labute approximate surface area is 169 Å². The molecule has 1 fully saturated rings. The summed E-state index contributed by atoms with van der Waals surface area (Å²) >= 11 is 0. The van der Waals surface area contributed by atoms with E-state index in [2.05, 4.69) is 10.6 Å². The molecule has 29 heavy (non-hydrogen) atoms. The van der Waals surface area contributed by atoms with E-state index >= 15 is 0 Å². The molecule has 1 aliphatic heterocycles. The molecule has 7 nitrogen and oxygen atoms in total. The van der Waals surface area contributed by atoms with Crippen molar-refractivity contribution in [1.82, 2.24) is 10.6 Å². The first kappa shape index (κ1) is 20.4. The van der Waals surface area contributed by atoms with Crippen molar-refractivity contribution in [1.29, 1.82) is 0 Å². The number of carbonyl (C=O) groups is 3. The average molecular weight is 395 g/mol. The van der Waals surface area contributed by atoms with Crippen molar-refractivity contribution < 1.29 is 19.1 Å². The molecule has 0 aliphatic carbocycles. The molecule has 0 spiro atoms. The third-order valence-corrected chi connectivity index (χ3v) is 4.93. The molecule has 0 unspecified atom stereocenters. The molecule has 2 atom stereocenters. The number of fused-ring (bicyclic) bond motifs is 1. The van der Waals surface area contributed by atoms with Crippen LogP contribution in [0, 0.1) is 5.92 Å². The van der Waals surface area contributed by atoms with Gasteiger partial charge in [-0.3, -0.25) is 9.59 Å². The predicted octanol–water partition coefficient (Wildman–Crippen LogP) is 2.17. The van der Waals surface area contributed by atoms with Crippen LogP contribution < -0.4 is 16.4 Å². The van der Waals surface area contributed by atoms with Gasteiger partial charge in [0.2, 0.25) is 5.91 Å². The third kappa shape index (κ3) is 5.13. The fourth-order valence-corrected chi connectivity index (χ4v) is 3.45. The molecular formula is C22H25N3O4. The van der Waals surface area contributed by atoms with Gasteiger partial charge in [-0.05, 0) is 42.7 Å². The number of benzene rings is 2. The second kappa shape index (κ2) is 9.23. The second-order valence-electron chi connectivity index (χ2n) is 6.99. The molecule has 0 saturated carbocycles. The van der Waals surface area contributed by atoms with Crippen LogP contribution >= 0.6 is 0 Å². The fourth-order valence-electron chi connectivity index (χ4n) is 3.45. The Kier molecular flexibility index (Phi) is 6.49. The zero-order valence-electron chi connectivity index (χ0n) is 16.3. The maximum Gasteiger partial charge on any atom is 0.330 e. The molecule has 4 N–H and O–H groups in total. The number of hydrogen-bond donors (Lipinski definition) is 3. The van der Waals surface area contributed by atoms with E-state index in [1.165, 1.54) is 6.08 Å². The molecule has 2 aromatic carbocycles. The van der Waals surface area contributed by atoms with Crippen molar-refractivity contribution in [3.8, 4) is 0 Å². The lowest BCUT2D eigenvalue weighted by molar-refractivity contribution is -0.137. The third-order valence-electron chi connectivity index (χ3n) is 4.93. The minimum absolute atomic E-state index is 0.0426. The summed E-state index contributed by atoms with van der Waals surface area (Å²) in [5, 5.41) is 7.53. The smallest absolute Gasteiger partial charge is 0.330 e. The van der Waals surface area contributed by atoms with Crippen LogP contribution in [0.4, 0.5) is 5.69 Å². The van der Waals surface area contributed by atoms with E-state index in [-0.39, 0.29) is 24.3 Å². The minimum atomic E-state index is -0.508. The Morgan fingerprint density at radius 1 is 1.31 bits per heavy atom. The van der Waals surface area contributed by atoms with Gasteiger partial charge in [-0.15, -0.1) is 0 Å². The summed E-state index contributed by atoms with van der Waals surface area (Å²) < 4.78 is 4.90. The largest absolute Gasteiger partial charge is 0.463 e. The van der Waals surface area contributed by atoms with Gasteiger partial charge in [0, 0.05) is 30.3 Å². The molecule has 2 aromatic rings. The van der Waals surface area contributed by atoms with Gasteiger partial charge in [0.05, 0.1) is 12.2 Å². The van der Waals surface area contributed by atoms with Crippen LogP contribution in [0.2, 0.25) is 0 Å². The fraction of sp³-hybridized carbons (Fsp3) is 0.318. The van der Waals surface area contributed by atoms with Gasteiger partial charge in [-0.2, -0.15) is 0 Å². The molecule has 1 heterocycles. The van der Waals surface area contributed by atoms with E-state index in [1.807, 2.05) is 24.3 Å². The number of rotatable bonds is 7. The molecular weight excluding hydrogens is 370 g/mol. The van der Waals surface area contributed by atoms with Crippen molar-refractivity contribution >= 4 is 34.2 Å². The van der Waals surface area contributed by atoms with Gasteiger partial charge >= 0.3 is 5.97 Å². The standard InChI is InChI=1S/C22H25N3O4/c1-2-29-20(26)8-7-17(11-16-9-10-24-21(16)27)25-22(28)18-12-14-5-3-4-6-15(14)13-19(18)23/h3-8,12-13,16-17H,2,9-11,23H2,1H3,(H,24,27)(H,25,28)/t16-,17+/m0/s1. The molecule has 152 valence electrons. The van der Waals surface area contributed by atoms with Crippen LogP contribution in [-0.4, -0.2) is 37.0 Å². The Morgan fingerprint density at radius 2 is 2.03 bits per heavy atom. The number of ether oxygens (including phenoxy) is 1. The summed E-state index contributed by atoms with van der Waals surface area (Å²) in [4.78, 5) is 36.5. The molecule has 1 aliphatic rings. The quantitative estimate of drug-likeness (QED) is 0.378. The molecule has 0 radical (unpaired) electrons. The van der Waals surface area contributed by atoms with Crippen LogP contribution in [0.15, 0.2) is 48.6 Å². The molecule has 7 heteroatoms. The maximum atomic E-state index is 12.9. The van der Waals surface area contributed by atoms with Gasteiger partial charge in [-0.25, -0.2) is 4.79 Å². The summed E-state index contributed by atoms with van der Waals surface area (Å²) in [6.07, 6.45) is 3.93. The summed E-state index contributed by atoms with van der Waals surface area (Å²) in [5.41, 5.74) is 6.82. The highest BCUT2D eigenvalue weighted by atomic mass is 16.5. The predicted molar refractivity (Wildman–Crippen MR) is 111 cm³/mol. The van der Waals surface area contributed by atoms with Crippen LogP contribution in [0.3, 0.4) is 0 Å². The number of esters is 1. The van der Waals surface area contributed by atoms with E-state index < -0.39 is 12.0 Å². The Bertz CT molecular complexity index is 954. The van der Waals surface area contributed by atoms with E-state index in [0.717, 1.165) is 10.8 Å². The first-order valence-electron chi connectivity index (χ1n) is 9.69. The highest BCUT2D eigenvalue weighted by molar-refractivity contribution is 6.04. The van der Waals surface area contributed by atoms with E-state index in [1.54, 1.807) is 25.1 Å². The summed E-state index contributed by atoms with van der Waals surface area (Å²) in [6.45, 7) is 2.60. The Hall–Kier alpha value is -3.35. The summed E-state index contributed by atoms with van der Waals surface area (Å²) in [6, 6.07) is 10.6. The van der Waals surface area contributed by atoms with E-state index in [0.29, 0.717) is 30.6 Å². The maximum absolute atomic E-state index is 12.9. The van der Waals surface area contributed by atoms with Crippen LogP contribution in [-0.2, 0) is 14.3 Å². The lowest BCUT2D eigenvalue weighted by atomic mass is 9.97. The van der Waals surface area contributed by atoms with E-state index in [9.17, 15) is 14.4 Å². The van der Waals surface area contributed by atoms with Gasteiger partial charge in [0.1, 0.15) is 0 Å². The van der Waals surface area contributed by atoms with E-state index in [4.69, 9.17) is 10.5 Å². The number of nitrogens with one attached hydrogen (secondary N) is 2. The van der Waals surface area contributed by atoms with Crippen molar-refractivity contribution in [2.45, 2.75) is 25.8 Å². The summed E-state index contributed by atoms with van der Waals surface area (Å²) in [5.74, 6) is -1.11. The number of carbonyl (C=O) groups excluding carboxylic acids is 3. The normalized spacial score (nSPS) is 17.3. The Morgan fingerprint density at radius 3 is 2.69 bits per heavy atom. The van der Waals surface area contributed by atoms with Gasteiger partial charge < -0.3 is 21.1 Å². The number of nitrogens with two attached hydrogens (primary N) is 1. The van der Waals surface area contributed by atoms with Crippen molar-refractivity contribution in [3.63, 3.8) is 0 Å². The lowest BCUT2D eigenvalue weighted by Gasteiger charge is -2.19. The van der Waals surface area contributed by atoms with Crippen LogP contribution in [0.1, 0.15) is 30.1 Å². The molecule has 0 aromatic heterocycles. The van der Waals surface area contributed by atoms with Crippen molar-refractivity contribution in [2.75, 3.05) is 18.9 Å². The molecule has 1 saturated heterocycles. The monoisotopic (exact) mass is 395 g/mol. The second-order valence-corrected chi connectivity index (χ2v) is 6.99. The number of amides is 2. The highest BCUT2D eigenvalue weighted by Crippen LogP contribution is 2.23. The highest BCUT2D eigenvalue weighted by Gasteiger charge is 2.27. The molecule has 0 bridgehead atoms. The number of anilines is 1. The SMILES string of the molecule is CCOC(=O)C=C[C@H](C[C@@H]1CCNC1=O)NC(=O)c1cc2ccccc2cc1N. The molecule has 3 rings (SSSR count). The minimum Gasteiger partial charge on any atom is -0.463 e. The number of nitrogen functional groups attached to an aromatic ring is 1. The zero-order chi connectivity index (χ0) is 20.8. The first-order chi connectivity index (χ1) is 14.0. The van der Waals surface area contributed by atoms with Crippen molar-refractivity contribution in [2.24, 2.45) is 5.92 Å². The van der Waals surface area contributed by atoms with Gasteiger partial charge in [-0.1, -0.05) is 30.3 Å². The van der Waals surface area contributed by atoms with Crippen molar-refractivity contribution in [3.05, 3.63) is 54.1 Å². The van der Waals surface area contributed by atoms with Crippen LogP contribution in [0.25, 0.3) is 10.8 Å². The van der Waals surface area contributed by atoms with Crippen LogP contribution in [0.5, 0.6) is 0 Å². The van der Waals surface area contributed by atoms with Gasteiger partial charge in [0.15, 0.2) is 0 Å².